The number of carbonyl (C=O) groups is 1. The molecule has 0 aliphatic heterocycles. The van der Waals surface area contributed by atoms with E-state index < -0.39 is 37.6 Å². The van der Waals surface area contributed by atoms with E-state index in [1.807, 2.05) is 0 Å². The number of nitrogens with one attached hydrogen (secondary N) is 1. The van der Waals surface area contributed by atoms with E-state index >= 15 is 0 Å². The highest BCUT2D eigenvalue weighted by Crippen LogP contribution is 2.36. The Kier molecular flexibility index (Phi) is 6.60. The standard InChI is InChI=1S/C7H7NO2.C6H3N3O7/c1-10-7(9)6-3-2-4-8-5-6;10-6-4(8(13)14)1-3(7(11)12)2-5(6)9(15)16/h2-5H,1H3;1-2,10H. The molecule has 0 amide bonds. The smallest absolute Gasteiger partial charge is 0.343 e. The molecule has 26 heavy (non-hydrogen) atoms. The topological polar surface area (TPSA) is 193 Å². The van der Waals surface area contributed by atoms with Gasteiger partial charge in [0.2, 0.25) is 0 Å². The summed E-state index contributed by atoms with van der Waals surface area (Å²) in [6.07, 6.45) is 3.32. The number of pyridine rings is 1. The first kappa shape index (κ1) is 19.9. The second-order valence-corrected chi connectivity index (χ2v) is 4.37. The number of rotatable bonds is 4. The van der Waals surface area contributed by atoms with Crippen molar-refractivity contribution in [1.29, 1.82) is 0 Å². The monoisotopic (exact) mass is 366 g/mol. The first-order valence-electron chi connectivity index (χ1n) is 6.51. The highest BCUT2D eigenvalue weighted by Gasteiger charge is 2.24. The molecular formula is C13H10N4O9. The van der Waals surface area contributed by atoms with Gasteiger partial charge in [-0.05, 0) is 6.07 Å². The molecule has 1 heterocycles. The van der Waals surface area contributed by atoms with Gasteiger partial charge in [-0.15, -0.1) is 0 Å². The number of hydrogen-bond acceptors (Lipinski definition) is 9. The first-order valence-corrected chi connectivity index (χ1v) is 6.51. The Labute approximate surface area is 143 Å². The Balaban J connectivity index is 0.000000289. The molecule has 0 saturated heterocycles. The van der Waals surface area contributed by atoms with Crippen LogP contribution in [-0.2, 0) is 4.74 Å². The van der Waals surface area contributed by atoms with E-state index in [0.29, 0.717) is 17.7 Å². The van der Waals surface area contributed by atoms with Gasteiger partial charge in [-0.2, -0.15) is 0 Å². The summed E-state index contributed by atoms with van der Waals surface area (Å²) in [6, 6.07) is 4.19. The molecule has 2 rings (SSSR count). The number of non-ortho nitro benzene ring substituents is 1. The molecule has 13 heteroatoms. The largest absolute Gasteiger partial charge is 0.863 e. The summed E-state index contributed by atoms with van der Waals surface area (Å²) in [5.41, 5.74) is -2.73. The summed E-state index contributed by atoms with van der Waals surface area (Å²) < 4.78 is 4.48. The minimum absolute atomic E-state index is 0.322. The van der Waals surface area contributed by atoms with Crippen LogP contribution >= 0.6 is 0 Å². The summed E-state index contributed by atoms with van der Waals surface area (Å²) >= 11 is 0. The van der Waals surface area contributed by atoms with Gasteiger partial charge in [-0.3, -0.25) is 30.3 Å². The number of H-pyrrole nitrogens is 1. The van der Waals surface area contributed by atoms with Gasteiger partial charge in [-0.25, -0.2) is 9.78 Å². The van der Waals surface area contributed by atoms with E-state index in [0.717, 1.165) is 0 Å². The van der Waals surface area contributed by atoms with E-state index in [-0.39, 0.29) is 5.97 Å². The molecule has 0 saturated carbocycles. The van der Waals surface area contributed by atoms with Crippen molar-refractivity contribution in [2.75, 3.05) is 7.11 Å². The Morgan fingerprint density at radius 1 is 1.04 bits per heavy atom. The Morgan fingerprint density at radius 3 is 1.92 bits per heavy atom. The number of nitrogens with zero attached hydrogens (tertiary/aromatic N) is 3. The van der Waals surface area contributed by atoms with Crippen LogP contribution < -0.4 is 10.1 Å². The average Bonchev–Trinajstić information content (AvgIpc) is 2.61. The van der Waals surface area contributed by atoms with Gasteiger partial charge >= 0.3 is 5.97 Å². The number of nitro groups is 3. The normalized spacial score (nSPS) is 9.42. The quantitative estimate of drug-likeness (QED) is 0.426. The fourth-order valence-corrected chi connectivity index (χ4v) is 1.60. The number of hydrogen-bond donors (Lipinski definition) is 0. The zero-order valence-electron chi connectivity index (χ0n) is 13.0. The van der Waals surface area contributed by atoms with Crippen LogP contribution in [0, 0.1) is 30.3 Å². The summed E-state index contributed by atoms with van der Waals surface area (Å²) in [7, 11) is 1.36. The average molecular weight is 366 g/mol. The van der Waals surface area contributed by atoms with Crippen molar-refractivity contribution in [1.82, 2.24) is 0 Å². The van der Waals surface area contributed by atoms with Crippen molar-refractivity contribution in [2.24, 2.45) is 0 Å². The summed E-state index contributed by atoms with van der Waals surface area (Å²) in [4.78, 5) is 41.1. The highest BCUT2D eigenvalue weighted by molar-refractivity contribution is 5.88. The van der Waals surface area contributed by atoms with Gasteiger partial charge in [0.05, 0.1) is 39.8 Å². The van der Waals surface area contributed by atoms with Crippen molar-refractivity contribution in [2.45, 2.75) is 0 Å². The number of carbonyl (C=O) groups excluding carboxylic acids is 1. The molecule has 0 fully saturated rings. The van der Waals surface area contributed by atoms with E-state index in [9.17, 15) is 40.2 Å². The number of nitro benzene ring substituents is 3. The fourth-order valence-electron chi connectivity index (χ4n) is 1.60. The van der Waals surface area contributed by atoms with Crippen molar-refractivity contribution in [3.63, 3.8) is 0 Å². The summed E-state index contributed by atoms with van der Waals surface area (Å²) in [5.74, 6) is -1.78. The lowest BCUT2D eigenvalue weighted by Crippen LogP contribution is -2.07. The molecule has 1 aromatic heterocycles. The SMILES string of the molecule is COC(=O)c1ccc[nH+]c1.O=[N+]([O-])c1cc([N+](=O)[O-])c([O-])c([N+](=O)[O-])c1. The zero-order chi connectivity index (χ0) is 19.9. The van der Waals surface area contributed by atoms with Crippen LogP contribution in [0.2, 0.25) is 0 Å². The van der Waals surface area contributed by atoms with Crippen molar-refractivity contribution < 1.29 is 34.4 Å². The molecule has 136 valence electrons. The van der Waals surface area contributed by atoms with Crippen LogP contribution in [0.3, 0.4) is 0 Å². The third-order valence-corrected chi connectivity index (χ3v) is 2.77. The lowest BCUT2D eigenvalue weighted by molar-refractivity contribution is -0.420. The Hall–Kier alpha value is -4.16. The predicted molar refractivity (Wildman–Crippen MR) is 80.2 cm³/mol. The first-order chi connectivity index (χ1) is 12.2. The molecule has 0 atom stereocenters. The van der Waals surface area contributed by atoms with Crippen molar-refractivity contribution >= 4 is 23.0 Å². The number of aromatic nitrogens is 1. The molecule has 0 radical (unpaired) electrons. The van der Waals surface area contributed by atoms with Crippen molar-refractivity contribution in [3.05, 3.63) is 72.6 Å². The molecule has 0 aliphatic rings. The molecule has 0 bridgehead atoms. The second kappa shape index (κ2) is 8.62. The van der Waals surface area contributed by atoms with E-state index in [2.05, 4.69) is 9.72 Å². The number of benzene rings is 1. The molecule has 0 spiro atoms. The molecule has 0 unspecified atom stereocenters. The number of aromatic amines is 1. The van der Waals surface area contributed by atoms with E-state index in [4.69, 9.17) is 0 Å². The van der Waals surface area contributed by atoms with Crippen molar-refractivity contribution in [3.8, 4) is 5.75 Å². The third kappa shape index (κ3) is 4.92. The van der Waals surface area contributed by atoms with Gasteiger partial charge in [0, 0.05) is 6.07 Å². The zero-order valence-corrected chi connectivity index (χ0v) is 13.0. The summed E-state index contributed by atoms with van der Waals surface area (Å²) in [5, 5.41) is 42.1. The van der Waals surface area contributed by atoms with Crippen LogP contribution in [0.15, 0.2) is 36.7 Å². The molecule has 2 aromatic rings. The molecule has 1 N–H and O–H groups in total. The fraction of sp³-hybridized carbons (Fsp3) is 0.0769. The van der Waals surface area contributed by atoms with Crippen LogP contribution in [0.5, 0.6) is 5.75 Å². The molecule has 13 nitrogen and oxygen atoms in total. The Morgan fingerprint density at radius 2 is 1.58 bits per heavy atom. The predicted octanol–water partition coefficient (Wildman–Crippen LogP) is 0.772. The highest BCUT2D eigenvalue weighted by atomic mass is 16.6. The molecule has 0 aliphatic carbocycles. The maximum Gasteiger partial charge on any atom is 0.343 e. The van der Waals surface area contributed by atoms with Gasteiger partial charge in [0.1, 0.15) is 5.56 Å². The van der Waals surface area contributed by atoms with Gasteiger partial charge in [0.15, 0.2) is 12.4 Å². The van der Waals surface area contributed by atoms with E-state index in [1.54, 1.807) is 24.5 Å². The van der Waals surface area contributed by atoms with E-state index in [1.165, 1.54) is 7.11 Å². The van der Waals surface area contributed by atoms with Crippen LogP contribution in [-0.4, -0.2) is 27.8 Å². The lowest BCUT2D eigenvalue weighted by Gasteiger charge is -2.06. The van der Waals surface area contributed by atoms with Crippen LogP contribution in [0.4, 0.5) is 17.1 Å². The number of methoxy groups -OCH3 is 1. The van der Waals surface area contributed by atoms with Crippen LogP contribution in [0.25, 0.3) is 0 Å². The lowest BCUT2D eigenvalue weighted by atomic mass is 10.2. The molecule has 1 aromatic carbocycles. The second-order valence-electron chi connectivity index (χ2n) is 4.37. The maximum atomic E-state index is 11.1. The number of ether oxygens (including phenoxy) is 1. The minimum atomic E-state index is -1.46. The number of esters is 1. The van der Waals surface area contributed by atoms with Crippen LogP contribution in [0.1, 0.15) is 10.4 Å². The third-order valence-electron chi connectivity index (χ3n) is 2.77. The summed E-state index contributed by atoms with van der Waals surface area (Å²) in [6.45, 7) is 0. The maximum absolute atomic E-state index is 11.1. The van der Waals surface area contributed by atoms with Gasteiger partial charge in [-0.1, -0.05) is 0 Å². The minimum Gasteiger partial charge on any atom is -0.863 e. The Bertz CT molecular complexity index is 819. The molecular weight excluding hydrogens is 356 g/mol. The van der Waals surface area contributed by atoms with Gasteiger partial charge < -0.3 is 9.84 Å². The van der Waals surface area contributed by atoms with Gasteiger partial charge in [0.25, 0.3) is 17.1 Å².